The van der Waals surface area contributed by atoms with Crippen molar-refractivity contribution in [1.29, 1.82) is 0 Å². The highest BCUT2D eigenvalue weighted by molar-refractivity contribution is 5.46. The van der Waals surface area contributed by atoms with Crippen LogP contribution >= 0.6 is 0 Å². The quantitative estimate of drug-likeness (QED) is 0.838. The average Bonchev–Trinajstić information content (AvgIpc) is 2.27. The highest BCUT2D eigenvalue weighted by Gasteiger charge is 2.22. The maximum atomic E-state index is 13.3. The Morgan fingerprint density at radius 1 is 1.24 bits per heavy atom. The zero-order chi connectivity index (χ0) is 13.1. The molecule has 0 aliphatic rings. The van der Waals surface area contributed by atoms with Crippen LogP contribution in [0.5, 0.6) is 0 Å². The minimum atomic E-state index is -0.973. The van der Waals surface area contributed by atoms with Gasteiger partial charge in [-0.15, -0.1) is 0 Å². The molecule has 2 nitrogen and oxygen atoms in total. The van der Waals surface area contributed by atoms with Crippen LogP contribution < -0.4 is 5.32 Å². The van der Waals surface area contributed by atoms with Crippen molar-refractivity contribution in [3.8, 4) is 0 Å². The van der Waals surface area contributed by atoms with Gasteiger partial charge in [0.1, 0.15) is 11.5 Å². The first-order chi connectivity index (χ1) is 7.91. The second-order valence-corrected chi connectivity index (χ2v) is 4.42. The molecule has 0 spiro atoms. The van der Waals surface area contributed by atoms with Gasteiger partial charge >= 0.3 is 0 Å². The fourth-order valence-corrected chi connectivity index (χ4v) is 1.31. The molecule has 0 radical (unpaired) electrons. The lowest BCUT2D eigenvalue weighted by Gasteiger charge is -2.26. The van der Waals surface area contributed by atoms with E-state index in [4.69, 9.17) is 5.11 Å². The minimum Gasteiger partial charge on any atom is -0.396 e. The van der Waals surface area contributed by atoms with Gasteiger partial charge in [-0.3, -0.25) is 0 Å². The normalized spacial score (nSPS) is 14.5. The lowest BCUT2D eigenvalue weighted by Crippen LogP contribution is -2.30. The van der Waals surface area contributed by atoms with Gasteiger partial charge in [-0.1, -0.05) is 13.8 Å². The summed E-state index contributed by atoms with van der Waals surface area (Å²) >= 11 is 0. The lowest BCUT2D eigenvalue weighted by molar-refractivity contribution is 0.149. The predicted molar refractivity (Wildman–Crippen MR) is 60.3 cm³/mol. The SMILES string of the molecule is CCC(C)(CO)CNc1c(F)cc(F)cc1F. The fourth-order valence-electron chi connectivity index (χ4n) is 1.31. The maximum Gasteiger partial charge on any atom is 0.152 e. The van der Waals surface area contributed by atoms with Crippen LogP contribution in [0.25, 0.3) is 0 Å². The Hall–Kier alpha value is -1.23. The van der Waals surface area contributed by atoms with Gasteiger partial charge < -0.3 is 10.4 Å². The molecule has 0 bridgehead atoms. The maximum absolute atomic E-state index is 13.3. The molecule has 1 atom stereocenters. The molecule has 0 fully saturated rings. The molecule has 2 N–H and O–H groups in total. The summed E-state index contributed by atoms with van der Waals surface area (Å²) in [5.74, 6) is -2.90. The fraction of sp³-hybridized carbons (Fsp3) is 0.500. The Balaban J connectivity index is 2.83. The second-order valence-electron chi connectivity index (χ2n) is 4.42. The molecule has 0 heterocycles. The Bertz CT molecular complexity index is 368. The third kappa shape index (κ3) is 3.36. The van der Waals surface area contributed by atoms with Gasteiger partial charge in [-0.05, 0) is 6.42 Å². The number of halogens is 3. The van der Waals surface area contributed by atoms with Crippen LogP contribution in [0.3, 0.4) is 0 Å². The number of benzene rings is 1. The summed E-state index contributed by atoms with van der Waals surface area (Å²) < 4.78 is 39.2. The van der Waals surface area contributed by atoms with Crippen LogP contribution in [-0.2, 0) is 0 Å². The van der Waals surface area contributed by atoms with Crippen LogP contribution in [0.4, 0.5) is 18.9 Å². The molecule has 0 saturated carbocycles. The van der Waals surface area contributed by atoms with Gasteiger partial charge in [-0.25, -0.2) is 13.2 Å². The molecule has 0 saturated heterocycles. The zero-order valence-corrected chi connectivity index (χ0v) is 9.86. The first kappa shape index (κ1) is 13.8. The van der Waals surface area contributed by atoms with Crippen LogP contribution in [-0.4, -0.2) is 18.3 Å². The Morgan fingerprint density at radius 3 is 2.18 bits per heavy atom. The van der Waals surface area contributed by atoms with Crippen molar-refractivity contribution in [2.75, 3.05) is 18.5 Å². The smallest absolute Gasteiger partial charge is 0.152 e. The highest BCUT2D eigenvalue weighted by atomic mass is 19.1. The molecule has 1 aromatic carbocycles. The van der Waals surface area contributed by atoms with Crippen molar-refractivity contribution in [3.05, 3.63) is 29.6 Å². The Labute approximate surface area is 98.5 Å². The molecule has 1 unspecified atom stereocenters. The monoisotopic (exact) mass is 247 g/mol. The van der Waals surface area contributed by atoms with E-state index >= 15 is 0 Å². The molecule has 0 aromatic heterocycles. The van der Waals surface area contributed by atoms with Gasteiger partial charge in [0.15, 0.2) is 11.6 Å². The van der Waals surface area contributed by atoms with E-state index in [0.717, 1.165) is 0 Å². The molecule has 5 heteroatoms. The Morgan fingerprint density at radius 2 is 1.76 bits per heavy atom. The summed E-state index contributed by atoms with van der Waals surface area (Å²) in [6.07, 6.45) is 0.654. The van der Waals surface area contributed by atoms with Gasteiger partial charge in [-0.2, -0.15) is 0 Å². The first-order valence-electron chi connectivity index (χ1n) is 5.41. The van der Waals surface area contributed by atoms with Crippen LogP contribution in [0, 0.1) is 22.9 Å². The standard InChI is InChI=1S/C12H16F3NO/c1-3-12(2,7-17)6-16-11-9(14)4-8(13)5-10(11)15/h4-5,16-17H,3,6-7H2,1-2H3. The molecule has 0 aliphatic carbocycles. The summed E-state index contributed by atoms with van der Waals surface area (Å²) in [5.41, 5.74) is -0.827. The van der Waals surface area contributed by atoms with E-state index in [-0.39, 0.29) is 18.8 Å². The third-order valence-electron chi connectivity index (χ3n) is 2.93. The van der Waals surface area contributed by atoms with E-state index in [1.165, 1.54) is 0 Å². The summed E-state index contributed by atoms with van der Waals surface area (Å²) in [5, 5.41) is 11.7. The van der Waals surface area contributed by atoms with E-state index in [2.05, 4.69) is 5.32 Å². The number of aliphatic hydroxyl groups excluding tert-OH is 1. The molecular weight excluding hydrogens is 231 g/mol. The second kappa shape index (κ2) is 5.40. The highest BCUT2D eigenvalue weighted by Crippen LogP contribution is 2.24. The summed E-state index contributed by atoms with van der Waals surface area (Å²) in [7, 11) is 0. The number of hydrogen-bond donors (Lipinski definition) is 2. The molecule has 1 rings (SSSR count). The summed E-state index contributed by atoms with van der Waals surface area (Å²) in [4.78, 5) is 0. The van der Waals surface area contributed by atoms with E-state index < -0.39 is 22.9 Å². The number of nitrogens with one attached hydrogen (secondary N) is 1. The molecule has 96 valence electrons. The van der Waals surface area contributed by atoms with Gasteiger partial charge in [0, 0.05) is 24.1 Å². The molecule has 17 heavy (non-hydrogen) atoms. The van der Waals surface area contributed by atoms with Crippen molar-refractivity contribution >= 4 is 5.69 Å². The van der Waals surface area contributed by atoms with E-state index in [0.29, 0.717) is 18.6 Å². The zero-order valence-electron chi connectivity index (χ0n) is 9.86. The van der Waals surface area contributed by atoms with Gasteiger partial charge in [0.2, 0.25) is 0 Å². The largest absolute Gasteiger partial charge is 0.396 e. The summed E-state index contributed by atoms with van der Waals surface area (Å²) in [6, 6.07) is 1.24. The van der Waals surface area contributed by atoms with Crippen LogP contribution in [0.1, 0.15) is 20.3 Å². The van der Waals surface area contributed by atoms with Crippen LogP contribution in [0.15, 0.2) is 12.1 Å². The first-order valence-corrected chi connectivity index (χ1v) is 5.41. The van der Waals surface area contributed by atoms with Crippen molar-refractivity contribution in [1.82, 2.24) is 0 Å². The number of hydrogen-bond acceptors (Lipinski definition) is 2. The van der Waals surface area contributed by atoms with Crippen molar-refractivity contribution in [2.24, 2.45) is 5.41 Å². The topological polar surface area (TPSA) is 32.3 Å². The number of anilines is 1. The van der Waals surface area contributed by atoms with E-state index in [1.807, 2.05) is 6.92 Å². The average molecular weight is 247 g/mol. The van der Waals surface area contributed by atoms with Crippen molar-refractivity contribution in [3.63, 3.8) is 0 Å². The lowest BCUT2D eigenvalue weighted by atomic mass is 9.88. The van der Waals surface area contributed by atoms with Crippen molar-refractivity contribution < 1.29 is 18.3 Å². The number of rotatable bonds is 5. The van der Waals surface area contributed by atoms with Gasteiger partial charge in [0.25, 0.3) is 0 Å². The summed E-state index contributed by atoms with van der Waals surface area (Å²) in [6.45, 7) is 3.77. The number of aliphatic hydroxyl groups is 1. The molecule has 1 aromatic rings. The van der Waals surface area contributed by atoms with Crippen LogP contribution in [0.2, 0.25) is 0 Å². The van der Waals surface area contributed by atoms with Crippen molar-refractivity contribution in [2.45, 2.75) is 20.3 Å². The predicted octanol–water partition coefficient (Wildman–Crippen LogP) is 2.92. The molecule has 0 aliphatic heterocycles. The third-order valence-corrected chi connectivity index (χ3v) is 2.93. The minimum absolute atomic E-state index is 0.0963. The van der Waals surface area contributed by atoms with Gasteiger partial charge in [0.05, 0.1) is 6.61 Å². The Kier molecular flexibility index (Phi) is 4.40. The van der Waals surface area contributed by atoms with E-state index in [1.54, 1.807) is 6.92 Å². The van der Waals surface area contributed by atoms with E-state index in [9.17, 15) is 13.2 Å². The molecular formula is C12H16F3NO. The molecule has 0 amide bonds.